The Balaban J connectivity index is 2.33. The van der Waals surface area contributed by atoms with Crippen LogP contribution in [0.5, 0.6) is 0 Å². The van der Waals surface area contributed by atoms with E-state index in [0.717, 1.165) is 13.0 Å². The predicted molar refractivity (Wildman–Crippen MR) is 45.7 cm³/mol. The van der Waals surface area contributed by atoms with Gasteiger partial charge in [-0.2, -0.15) is 0 Å². The van der Waals surface area contributed by atoms with Crippen LogP contribution in [0.15, 0.2) is 0 Å². The highest BCUT2D eigenvalue weighted by Crippen LogP contribution is 2.19. The first-order valence-corrected chi connectivity index (χ1v) is 4.19. The van der Waals surface area contributed by atoms with Crippen molar-refractivity contribution in [1.29, 1.82) is 0 Å². The number of aliphatic hydroxyl groups is 1. The second kappa shape index (κ2) is 3.41. The molecule has 1 heterocycles. The summed E-state index contributed by atoms with van der Waals surface area (Å²) in [5, 5.41) is 12.1. The lowest BCUT2D eigenvalue weighted by atomic mass is 10.1. The van der Waals surface area contributed by atoms with Crippen LogP contribution < -0.4 is 5.32 Å². The normalized spacial score (nSPS) is 30.6. The lowest BCUT2D eigenvalue weighted by molar-refractivity contribution is -0.121. The molecule has 12 heavy (non-hydrogen) atoms. The summed E-state index contributed by atoms with van der Waals surface area (Å²) < 4.78 is 0. The Morgan fingerprint density at radius 3 is 2.83 bits per heavy atom. The molecule has 1 rings (SSSR count). The number of likely N-dealkylation sites (N-methyl/N-ethyl adjacent to an activating group) is 1. The van der Waals surface area contributed by atoms with Gasteiger partial charge in [0.2, 0.25) is 5.91 Å². The van der Waals surface area contributed by atoms with Gasteiger partial charge in [0, 0.05) is 20.1 Å². The van der Waals surface area contributed by atoms with Gasteiger partial charge in [-0.25, -0.2) is 0 Å². The third-order valence-electron chi connectivity index (χ3n) is 2.18. The number of rotatable bonds is 2. The molecule has 1 saturated heterocycles. The predicted octanol–water partition coefficient (Wildman–Crippen LogP) is -0.811. The Labute approximate surface area is 72.6 Å². The minimum absolute atomic E-state index is 0.00713. The van der Waals surface area contributed by atoms with Gasteiger partial charge in [0.05, 0.1) is 12.1 Å². The third kappa shape index (κ3) is 2.46. The molecule has 2 N–H and O–H groups in total. The van der Waals surface area contributed by atoms with Crippen molar-refractivity contribution in [3.63, 3.8) is 0 Å². The Morgan fingerprint density at radius 1 is 1.75 bits per heavy atom. The fourth-order valence-corrected chi connectivity index (χ4v) is 1.46. The molecule has 0 spiro atoms. The van der Waals surface area contributed by atoms with Crippen LogP contribution in [0.2, 0.25) is 0 Å². The van der Waals surface area contributed by atoms with Crippen LogP contribution in [0.3, 0.4) is 0 Å². The summed E-state index contributed by atoms with van der Waals surface area (Å²) in [5.74, 6) is 0.00713. The second-order valence-corrected chi connectivity index (χ2v) is 3.63. The van der Waals surface area contributed by atoms with Crippen molar-refractivity contribution in [2.45, 2.75) is 18.9 Å². The van der Waals surface area contributed by atoms with Gasteiger partial charge in [-0.1, -0.05) is 0 Å². The number of carbonyl (C=O) groups is 1. The number of carbonyl (C=O) groups excluding carboxylic acids is 1. The van der Waals surface area contributed by atoms with E-state index in [1.165, 1.54) is 0 Å². The van der Waals surface area contributed by atoms with Gasteiger partial charge in [-0.15, -0.1) is 0 Å². The number of likely N-dealkylation sites (tertiary alicyclic amines) is 1. The van der Waals surface area contributed by atoms with Gasteiger partial charge in [-0.05, 0) is 13.3 Å². The molecule has 1 fully saturated rings. The van der Waals surface area contributed by atoms with Gasteiger partial charge in [0.1, 0.15) is 0 Å². The molecule has 0 aromatic heterocycles. The van der Waals surface area contributed by atoms with Crippen molar-refractivity contribution in [3.8, 4) is 0 Å². The smallest absolute Gasteiger partial charge is 0.233 e. The number of amides is 1. The highest BCUT2D eigenvalue weighted by atomic mass is 16.3. The van der Waals surface area contributed by atoms with E-state index in [4.69, 9.17) is 0 Å². The Hall–Kier alpha value is -0.610. The monoisotopic (exact) mass is 172 g/mol. The molecule has 4 heteroatoms. The molecule has 0 saturated carbocycles. The summed E-state index contributed by atoms with van der Waals surface area (Å²) in [6.45, 7) is 3.60. The van der Waals surface area contributed by atoms with Crippen LogP contribution >= 0.6 is 0 Å². The summed E-state index contributed by atoms with van der Waals surface area (Å²) in [5.41, 5.74) is -0.603. The van der Waals surface area contributed by atoms with E-state index < -0.39 is 5.60 Å². The van der Waals surface area contributed by atoms with E-state index in [0.29, 0.717) is 13.1 Å². The van der Waals surface area contributed by atoms with Crippen LogP contribution in [-0.2, 0) is 4.79 Å². The molecule has 1 aliphatic heterocycles. The zero-order chi connectivity index (χ0) is 9.19. The molecule has 1 unspecified atom stereocenters. The zero-order valence-electron chi connectivity index (χ0n) is 7.63. The first kappa shape index (κ1) is 9.48. The number of hydrogen-bond acceptors (Lipinski definition) is 3. The van der Waals surface area contributed by atoms with Crippen molar-refractivity contribution in [2.75, 3.05) is 26.7 Å². The van der Waals surface area contributed by atoms with E-state index in [2.05, 4.69) is 5.32 Å². The minimum Gasteiger partial charge on any atom is -0.389 e. The summed E-state index contributed by atoms with van der Waals surface area (Å²) in [6.07, 6.45) is 0.754. The van der Waals surface area contributed by atoms with Gasteiger partial charge < -0.3 is 10.4 Å². The number of nitrogens with zero attached hydrogens (tertiary/aromatic N) is 1. The molecular formula is C8H16N2O2. The molecule has 0 radical (unpaired) electrons. The molecule has 0 bridgehead atoms. The van der Waals surface area contributed by atoms with Crippen molar-refractivity contribution < 1.29 is 9.90 Å². The molecule has 4 nitrogen and oxygen atoms in total. The first-order valence-electron chi connectivity index (χ1n) is 4.19. The van der Waals surface area contributed by atoms with Gasteiger partial charge in [0.15, 0.2) is 0 Å². The molecule has 0 aromatic carbocycles. The molecular weight excluding hydrogens is 156 g/mol. The molecule has 70 valence electrons. The zero-order valence-corrected chi connectivity index (χ0v) is 7.63. The highest BCUT2D eigenvalue weighted by molar-refractivity contribution is 5.77. The maximum Gasteiger partial charge on any atom is 0.233 e. The largest absolute Gasteiger partial charge is 0.389 e. The van der Waals surface area contributed by atoms with E-state index >= 15 is 0 Å². The Kier molecular flexibility index (Phi) is 2.69. The number of nitrogens with one attached hydrogen (secondary N) is 1. The molecule has 1 atom stereocenters. The van der Waals surface area contributed by atoms with Gasteiger partial charge >= 0.3 is 0 Å². The van der Waals surface area contributed by atoms with Crippen LogP contribution in [0.25, 0.3) is 0 Å². The molecule has 1 aliphatic rings. The third-order valence-corrected chi connectivity index (χ3v) is 2.18. The van der Waals surface area contributed by atoms with Crippen molar-refractivity contribution in [3.05, 3.63) is 0 Å². The summed E-state index contributed by atoms with van der Waals surface area (Å²) in [4.78, 5) is 12.9. The lowest BCUT2D eigenvalue weighted by Crippen LogP contribution is -2.36. The van der Waals surface area contributed by atoms with Crippen LogP contribution in [0.1, 0.15) is 13.3 Å². The molecule has 0 aromatic rings. The average molecular weight is 172 g/mol. The van der Waals surface area contributed by atoms with Crippen molar-refractivity contribution in [1.82, 2.24) is 10.2 Å². The topological polar surface area (TPSA) is 52.6 Å². The summed E-state index contributed by atoms with van der Waals surface area (Å²) in [7, 11) is 1.62. The second-order valence-electron chi connectivity index (χ2n) is 3.63. The van der Waals surface area contributed by atoms with Crippen LogP contribution in [0, 0.1) is 0 Å². The molecule has 1 amide bonds. The van der Waals surface area contributed by atoms with E-state index in [1.807, 2.05) is 4.90 Å². The fraction of sp³-hybridized carbons (Fsp3) is 0.875. The highest BCUT2D eigenvalue weighted by Gasteiger charge is 2.31. The van der Waals surface area contributed by atoms with Gasteiger partial charge in [0.25, 0.3) is 0 Å². The first-order chi connectivity index (χ1) is 5.53. The quantitative estimate of drug-likeness (QED) is 0.573. The lowest BCUT2D eigenvalue weighted by Gasteiger charge is -2.17. The summed E-state index contributed by atoms with van der Waals surface area (Å²) >= 11 is 0. The Morgan fingerprint density at radius 2 is 2.42 bits per heavy atom. The van der Waals surface area contributed by atoms with Gasteiger partial charge in [-0.3, -0.25) is 9.69 Å². The van der Waals surface area contributed by atoms with Crippen LogP contribution in [0.4, 0.5) is 0 Å². The number of β-amino-alcohol motifs (C(OH)–C–C–N with tert-alkyl or cyclic N) is 1. The average Bonchev–Trinajstić information content (AvgIpc) is 2.30. The maximum atomic E-state index is 10.9. The van der Waals surface area contributed by atoms with E-state index in [1.54, 1.807) is 14.0 Å². The van der Waals surface area contributed by atoms with E-state index in [9.17, 15) is 9.90 Å². The number of hydrogen-bond donors (Lipinski definition) is 2. The minimum atomic E-state index is -0.603. The van der Waals surface area contributed by atoms with Crippen molar-refractivity contribution in [2.24, 2.45) is 0 Å². The Bertz CT molecular complexity index is 180. The SMILES string of the molecule is CNC(=O)CN1CCC(C)(O)C1. The summed E-state index contributed by atoms with van der Waals surface area (Å²) in [6, 6.07) is 0. The fourth-order valence-electron chi connectivity index (χ4n) is 1.46. The van der Waals surface area contributed by atoms with Crippen LogP contribution in [-0.4, -0.2) is 48.2 Å². The van der Waals surface area contributed by atoms with E-state index in [-0.39, 0.29) is 5.91 Å². The standard InChI is InChI=1S/C8H16N2O2/c1-8(12)3-4-10(6-8)5-7(11)9-2/h12H,3-6H2,1-2H3,(H,9,11). The molecule has 0 aliphatic carbocycles. The maximum absolute atomic E-state index is 10.9. The van der Waals surface area contributed by atoms with Crippen molar-refractivity contribution >= 4 is 5.91 Å².